The molecule has 0 aromatic heterocycles. The molecule has 1 atom stereocenters. The minimum Gasteiger partial charge on any atom is -0.493 e. The second-order valence-electron chi connectivity index (χ2n) is 5.22. The molecule has 0 aliphatic heterocycles. The average Bonchev–Trinajstić information content (AvgIpc) is 2.62. The van der Waals surface area contributed by atoms with Crippen LogP contribution in [0.4, 0.5) is 0 Å². The lowest BCUT2D eigenvalue weighted by atomic mass is 10.1. The number of ether oxygens (including phenoxy) is 3. The van der Waals surface area contributed by atoms with Crippen molar-refractivity contribution in [1.82, 2.24) is 0 Å². The Balaban J connectivity index is 2.10. The summed E-state index contributed by atoms with van der Waals surface area (Å²) in [6.07, 6.45) is -0.925. The van der Waals surface area contributed by atoms with E-state index in [1.807, 2.05) is 6.92 Å². The van der Waals surface area contributed by atoms with Gasteiger partial charge in [-0.3, -0.25) is 4.79 Å². The van der Waals surface area contributed by atoms with Crippen LogP contribution < -0.4 is 9.47 Å². The Morgan fingerprint density at radius 3 is 2.28 bits per heavy atom. The third kappa shape index (κ3) is 4.73. The molecule has 0 saturated heterocycles. The minimum absolute atomic E-state index is 0.274. The van der Waals surface area contributed by atoms with Gasteiger partial charge in [0.2, 0.25) is 5.78 Å². The normalized spacial score (nSPS) is 11.5. The zero-order chi connectivity index (χ0) is 18.4. The summed E-state index contributed by atoms with van der Waals surface area (Å²) < 4.78 is 15.9. The van der Waals surface area contributed by atoms with Gasteiger partial charge in [-0.1, -0.05) is 11.6 Å². The van der Waals surface area contributed by atoms with Gasteiger partial charge in [0.05, 0.1) is 19.3 Å². The topological polar surface area (TPSA) is 61.8 Å². The highest BCUT2D eigenvalue weighted by molar-refractivity contribution is 6.30. The summed E-state index contributed by atoms with van der Waals surface area (Å²) in [4.78, 5) is 24.6. The SMILES string of the molecule is CCOc1ccc(C(=O)OC(C)C(=O)c2ccc(Cl)cc2)cc1OC. The van der Waals surface area contributed by atoms with E-state index in [0.29, 0.717) is 28.7 Å². The summed E-state index contributed by atoms with van der Waals surface area (Å²) in [5.74, 6) is 0.0406. The molecule has 132 valence electrons. The van der Waals surface area contributed by atoms with E-state index >= 15 is 0 Å². The number of hydrogen-bond acceptors (Lipinski definition) is 5. The monoisotopic (exact) mass is 362 g/mol. The maximum absolute atomic E-state index is 12.3. The summed E-state index contributed by atoms with van der Waals surface area (Å²) in [5.41, 5.74) is 0.699. The molecule has 0 bridgehead atoms. The summed E-state index contributed by atoms with van der Waals surface area (Å²) in [5, 5.41) is 0.530. The van der Waals surface area contributed by atoms with Crippen molar-refractivity contribution in [3.05, 3.63) is 58.6 Å². The van der Waals surface area contributed by atoms with E-state index < -0.39 is 12.1 Å². The van der Waals surface area contributed by atoms with Gasteiger partial charge in [0.1, 0.15) is 0 Å². The van der Waals surface area contributed by atoms with Crippen molar-refractivity contribution in [2.24, 2.45) is 0 Å². The fourth-order valence-corrected chi connectivity index (χ4v) is 2.33. The molecule has 0 aliphatic rings. The Labute approximate surface area is 151 Å². The Morgan fingerprint density at radius 1 is 1.04 bits per heavy atom. The average molecular weight is 363 g/mol. The van der Waals surface area contributed by atoms with Crippen molar-refractivity contribution >= 4 is 23.4 Å². The van der Waals surface area contributed by atoms with Crippen LogP contribution >= 0.6 is 11.6 Å². The molecule has 0 heterocycles. The number of halogens is 1. The summed E-state index contributed by atoms with van der Waals surface area (Å²) >= 11 is 5.81. The second kappa shape index (κ2) is 8.53. The number of methoxy groups -OCH3 is 1. The predicted molar refractivity (Wildman–Crippen MR) is 94.8 cm³/mol. The van der Waals surface area contributed by atoms with Gasteiger partial charge in [0.15, 0.2) is 17.6 Å². The molecule has 2 aromatic rings. The van der Waals surface area contributed by atoms with Gasteiger partial charge in [0.25, 0.3) is 0 Å². The first-order valence-corrected chi connectivity index (χ1v) is 8.15. The van der Waals surface area contributed by atoms with Crippen LogP contribution in [0.5, 0.6) is 11.5 Å². The van der Waals surface area contributed by atoms with Crippen LogP contribution in [0.25, 0.3) is 0 Å². The van der Waals surface area contributed by atoms with E-state index in [1.165, 1.54) is 20.1 Å². The molecule has 5 nitrogen and oxygen atoms in total. The largest absolute Gasteiger partial charge is 0.493 e. The van der Waals surface area contributed by atoms with Crippen molar-refractivity contribution in [3.8, 4) is 11.5 Å². The number of Topliss-reactive ketones (excluding diaryl/α,β-unsaturated/α-hetero) is 1. The van der Waals surface area contributed by atoms with Crippen molar-refractivity contribution in [1.29, 1.82) is 0 Å². The molecule has 6 heteroatoms. The van der Waals surface area contributed by atoms with Crippen molar-refractivity contribution < 1.29 is 23.8 Å². The van der Waals surface area contributed by atoms with E-state index in [0.717, 1.165) is 0 Å². The third-order valence-electron chi connectivity index (χ3n) is 3.48. The molecule has 0 amide bonds. The molecule has 0 spiro atoms. The molecule has 1 unspecified atom stereocenters. The van der Waals surface area contributed by atoms with E-state index in [1.54, 1.807) is 36.4 Å². The molecule has 2 aromatic carbocycles. The van der Waals surface area contributed by atoms with Gasteiger partial charge >= 0.3 is 5.97 Å². The molecule has 0 fully saturated rings. The first-order chi connectivity index (χ1) is 12.0. The predicted octanol–water partition coefficient (Wildman–Crippen LogP) is 4.18. The standard InChI is InChI=1S/C19H19ClO5/c1-4-24-16-10-7-14(11-17(16)23-3)19(22)25-12(2)18(21)13-5-8-15(20)9-6-13/h5-12H,4H2,1-3H3. The molecular formula is C19H19ClO5. The molecule has 0 N–H and O–H groups in total. The highest BCUT2D eigenvalue weighted by Gasteiger charge is 2.21. The van der Waals surface area contributed by atoms with Crippen LogP contribution in [-0.2, 0) is 4.74 Å². The van der Waals surface area contributed by atoms with Gasteiger partial charge in [-0.25, -0.2) is 4.79 Å². The van der Waals surface area contributed by atoms with Crippen LogP contribution in [-0.4, -0.2) is 31.6 Å². The highest BCUT2D eigenvalue weighted by Crippen LogP contribution is 2.28. The van der Waals surface area contributed by atoms with Crippen molar-refractivity contribution in [3.63, 3.8) is 0 Å². The Morgan fingerprint density at radius 2 is 1.68 bits per heavy atom. The number of esters is 1. The number of ketones is 1. The van der Waals surface area contributed by atoms with E-state index in [9.17, 15) is 9.59 Å². The molecule has 0 aliphatic carbocycles. The van der Waals surface area contributed by atoms with Crippen molar-refractivity contribution in [2.45, 2.75) is 20.0 Å². The molecule has 25 heavy (non-hydrogen) atoms. The first kappa shape index (κ1) is 18.8. The summed E-state index contributed by atoms with van der Waals surface area (Å²) in [7, 11) is 1.49. The van der Waals surface area contributed by atoms with Gasteiger partial charge in [0, 0.05) is 10.6 Å². The number of benzene rings is 2. The Bertz CT molecular complexity index is 755. The van der Waals surface area contributed by atoms with Crippen molar-refractivity contribution in [2.75, 3.05) is 13.7 Å². The number of hydrogen-bond donors (Lipinski definition) is 0. The molecule has 0 saturated carbocycles. The Hall–Kier alpha value is -2.53. The maximum Gasteiger partial charge on any atom is 0.338 e. The lowest BCUT2D eigenvalue weighted by molar-refractivity contribution is 0.0318. The summed E-state index contributed by atoms with van der Waals surface area (Å²) in [6, 6.07) is 11.1. The van der Waals surface area contributed by atoms with Crippen LogP contribution in [0.3, 0.4) is 0 Å². The number of carbonyl (C=O) groups is 2. The van der Waals surface area contributed by atoms with Gasteiger partial charge in [-0.15, -0.1) is 0 Å². The van der Waals surface area contributed by atoms with E-state index in [4.69, 9.17) is 25.8 Å². The second-order valence-corrected chi connectivity index (χ2v) is 5.65. The van der Waals surface area contributed by atoms with Crippen LogP contribution in [0.2, 0.25) is 5.02 Å². The Kier molecular flexibility index (Phi) is 6.42. The first-order valence-electron chi connectivity index (χ1n) is 7.77. The zero-order valence-electron chi connectivity index (χ0n) is 14.2. The minimum atomic E-state index is -0.925. The van der Waals surface area contributed by atoms with E-state index in [-0.39, 0.29) is 11.3 Å². The van der Waals surface area contributed by atoms with Gasteiger partial charge in [-0.2, -0.15) is 0 Å². The fraction of sp³-hybridized carbons (Fsp3) is 0.263. The van der Waals surface area contributed by atoms with Gasteiger partial charge < -0.3 is 14.2 Å². The van der Waals surface area contributed by atoms with E-state index in [2.05, 4.69) is 0 Å². The quantitative estimate of drug-likeness (QED) is 0.546. The lowest BCUT2D eigenvalue weighted by Gasteiger charge is -2.14. The van der Waals surface area contributed by atoms with Crippen LogP contribution in [0.15, 0.2) is 42.5 Å². The fourth-order valence-electron chi connectivity index (χ4n) is 2.20. The van der Waals surface area contributed by atoms with Gasteiger partial charge in [-0.05, 0) is 56.3 Å². The number of carbonyl (C=O) groups excluding carboxylic acids is 2. The van der Waals surface area contributed by atoms with Crippen LogP contribution in [0.1, 0.15) is 34.6 Å². The van der Waals surface area contributed by atoms with Crippen LogP contribution in [0, 0.1) is 0 Å². The molecule has 0 radical (unpaired) electrons. The smallest absolute Gasteiger partial charge is 0.338 e. The summed E-state index contributed by atoms with van der Waals surface area (Å²) in [6.45, 7) is 3.86. The third-order valence-corrected chi connectivity index (χ3v) is 3.73. The number of rotatable bonds is 7. The lowest BCUT2D eigenvalue weighted by Crippen LogP contribution is -2.24. The maximum atomic E-state index is 12.3. The molecular weight excluding hydrogens is 344 g/mol. The zero-order valence-corrected chi connectivity index (χ0v) is 15.0. The molecule has 2 rings (SSSR count). The highest BCUT2D eigenvalue weighted by atomic mass is 35.5.